The zero-order valence-electron chi connectivity index (χ0n) is 17.7. The number of carbonyl (C=O) groups excluding carboxylic acids is 3. The third-order valence-corrected chi connectivity index (χ3v) is 4.85. The number of aromatic nitrogens is 1. The SMILES string of the molecule is CC(=O)Nc1ccc(-c2csc(NC(=O)c3cccc(NC(=O)NC(C)C)c3)n2)c(F)c1. The molecule has 2 aromatic carbocycles. The van der Waals surface area contributed by atoms with E-state index < -0.39 is 11.7 Å². The summed E-state index contributed by atoms with van der Waals surface area (Å²) < 4.78 is 14.4. The van der Waals surface area contributed by atoms with Crippen LogP contribution in [-0.4, -0.2) is 28.9 Å². The van der Waals surface area contributed by atoms with Crippen LogP contribution in [0.1, 0.15) is 31.1 Å². The van der Waals surface area contributed by atoms with Gasteiger partial charge in [-0.1, -0.05) is 6.07 Å². The van der Waals surface area contributed by atoms with Gasteiger partial charge in [0.2, 0.25) is 5.91 Å². The zero-order chi connectivity index (χ0) is 23.3. The molecule has 10 heteroatoms. The number of nitrogens with one attached hydrogen (secondary N) is 4. The Labute approximate surface area is 188 Å². The summed E-state index contributed by atoms with van der Waals surface area (Å²) in [6.07, 6.45) is 0. The fraction of sp³-hybridized carbons (Fsp3) is 0.182. The Kier molecular flexibility index (Phi) is 7.16. The highest BCUT2D eigenvalue weighted by Crippen LogP contribution is 2.29. The van der Waals surface area contributed by atoms with E-state index in [4.69, 9.17) is 0 Å². The van der Waals surface area contributed by atoms with Crippen LogP contribution in [0, 0.1) is 5.82 Å². The number of rotatable bonds is 6. The molecule has 0 fully saturated rings. The van der Waals surface area contributed by atoms with Crippen LogP contribution in [0.5, 0.6) is 0 Å². The summed E-state index contributed by atoms with van der Waals surface area (Å²) in [5, 5.41) is 12.5. The largest absolute Gasteiger partial charge is 0.336 e. The van der Waals surface area contributed by atoms with Crippen molar-refractivity contribution in [2.75, 3.05) is 16.0 Å². The number of hydrogen-bond donors (Lipinski definition) is 4. The van der Waals surface area contributed by atoms with Gasteiger partial charge in [0.15, 0.2) is 5.13 Å². The van der Waals surface area contributed by atoms with Crippen LogP contribution in [0.2, 0.25) is 0 Å². The van der Waals surface area contributed by atoms with Gasteiger partial charge in [-0.3, -0.25) is 14.9 Å². The summed E-state index contributed by atoms with van der Waals surface area (Å²) in [6.45, 7) is 5.03. The molecule has 8 nitrogen and oxygen atoms in total. The van der Waals surface area contributed by atoms with Gasteiger partial charge in [-0.2, -0.15) is 0 Å². The molecule has 166 valence electrons. The van der Waals surface area contributed by atoms with E-state index in [1.807, 2.05) is 13.8 Å². The number of nitrogens with zero attached hydrogens (tertiary/aromatic N) is 1. The van der Waals surface area contributed by atoms with E-state index in [1.165, 1.54) is 19.1 Å². The molecule has 0 saturated carbocycles. The predicted molar refractivity (Wildman–Crippen MR) is 123 cm³/mol. The van der Waals surface area contributed by atoms with Gasteiger partial charge in [-0.05, 0) is 50.2 Å². The molecule has 3 rings (SSSR count). The third-order valence-electron chi connectivity index (χ3n) is 4.09. The molecule has 0 aliphatic heterocycles. The summed E-state index contributed by atoms with van der Waals surface area (Å²) in [6, 6.07) is 10.4. The normalized spacial score (nSPS) is 10.5. The fourth-order valence-corrected chi connectivity index (χ4v) is 3.50. The average molecular weight is 456 g/mol. The summed E-state index contributed by atoms with van der Waals surface area (Å²) in [4.78, 5) is 39.8. The van der Waals surface area contributed by atoms with Crippen LogP contribution in [0.3, 0.4) is 0 Å². The summed E-state index contributed by atoms with van der Waals surface area (Å²) >= 11 is 1.15. The minimum absolute atomic E-state index is 0.0213. The molecule has 4 N–H and O–H groups in total. The first-order chi connectivity index (χ1) is 15.2. The quantitative estimate of drug-likeness (QED) is 0.432. The second-order valence-corrected chi connectivity index (χ2v) is 8.06. The smallest absolute Gasteiger partial charge is 0.319 e. The summed E-state index contributed by atoms with van der Waals surface area (Å²) in [7, 11) is 0. The molecule has 1 aromatic heterocycles. The maximum Gasteiger partial charge on any atom is 0.319 e. The van der Waals surface area contributed by atoms with Crippen molar-refractivity contribution in [3.63, 3.8) is 0 Å². The first kappa shape index (κ1) is 22.9. The van der Waals surface area contributed by atoms with Gasteiger partial charge in [0.25, 0.3) is 5.91 Å². The first-order valence-electron chi connectivity index (χ1n) is 9.73. The average Bonchev–Trinajstić information content (AvgIpc) is 3.15. The minimum Gasteiger partial charge on any atom is -0.336 e. The van der Waals surface area contributed by atoms with Crippen molar-refractivity contribution in [3.8, 4) is 11.3 Å². The van der Waals surface area contributed by atoms with E-state index in [-0.39, 0.29) is 23.5 Å². The summed E-state index contributed by atoms with van der Waals surface area (Å²) in [5.74, 6) is -1.26. The van der Waals surface area contributed by atoms with Crippen LogP contribution in [-0.2, 0) is 4.79 Å². The Morgan fingerprint density at radius 1 is 1.00 bits per heavy atom. The molecule has 0 atom stereocenters. The first-order valence-corrected chi connectivity index (χ1v) is 10.6. The number of benzene rings is 2. The Hall–Kier alpha value is -3.79. The Balaban J connectivity index is 1.69. The molecule has 3 aromatic rings. The standard InChI is InChI=1S/C22H22FN5O3S/c1-12(2)24-21(31)26-15-6-4-5-14(9-15)20(30)28-22-27-19(11-32-22)17-8-7-16(10-18(17)23)25-13(3)29/h4-12H,1-3H3,(H,25,29)(H2,24,26,31)(H,27,28,30). The number of thiazole rings is 1. The number of amides is 4. The van der Waals surface area contributed by atoms with Crippen molar-refractivity contribution in [1.29, 1.82) is 0 Å². The van der Waals surface area contributed by atoms with Crippen molar-refractivity contribution in [3.05, 3.63) is 59.2 Å². The second-order valence-electron chi connectivity index (χ2n) is 7.20. The minimum atomic E-state index is -0.544. The molecular formula is C22H22FN5O3S. The molecule has 0 radical (unpaired) electrons. The highest BCUT2D eigenvalue weighted by atomic mass is 32.1. The van der Waals surface area contributed by atoms with Crippen molar-refractivity contribution in [2.45, 2.75) is 26.8 Å². The zero-order valence-corrected chi connectivity index (χ0v) is 18.5. The lowest BCUT2D eigenvalue weighted by Crippen LogP contribution is -2.34. The van der Waals surface area contributed by atoms with E-state index in [9.17, 15) is 18.8 Å². The number of halogens is 1. The van der Waals surface area contributed by atoms with E-state index in [2.05, 4.69) is 26.3 Å². The van der Waals surface area contributed by atoms with Crippen molar-refractivity contribution in [1.82, 2.24) is 10.3 Å². The third kappa shape index (κ3) is 6.11. The number of anilines is 3. The fourth-order valence-electron chi connectivity index (χ4n) is 2.80. The highest BCUT2D eigenvalue weighted by Gasteiger charge is 2.14. The van der Waals surface area contributed by atoms with Gasteiger partial charge in [0, 0.05) is 40.8 Å². The van der Waals surface area contributed by atoms with Gasteiger partial charge in [-0.15, -0.1) is 11.3 Å². The predicted octanol–water partition coefficient (Wildman–Crippen LogP) is 4.69. The number of urea groups is 1. The molecule has 0 saturated heterocycles. The molecule has 4 amide bonds. The van der Waals surface area contributed by atoms with Crippen molar-refractivity contribution in [2.24, 2.45) is 0 Å². The van der Waals surface area contributed by atoms with Gasteiger partial charge in [-0.25, -0.2) is 14.2 Å². The monoisotopic (exact) mass is 455 g/mol. The molecule has 0 spiro atoms. The van der Waals surface area contributed by atoms with Gasteiger partial charge in [0.1, 0.15) is 5.82 Å². The lowest BCUT2D eigenvalue weighted by atomic mass is 10.1. The van der Waals surface area contributed by atoms with E-state index in [1.54, 1.807) is 35.7 Å². The van der Waals surface area contributed by atoms with E-state index >= 15 is 0 Å². The molecule has 0 aliphatic rings. The highest BCUT2D eigenvalue weighted by molar-refractivity contribution is 7.14. The van der Waals surface area contributed by atoms with Crippen LogP contribution < -0.4 is 21.3 Å². The molecule has 1 heterocycles. The van der Waals surface area contributed by atoms with Gasteiger partial charge >= 0.3 is 6.03 Å². The maximum atomic E-state index is 14.4. The van der Waals surface area contributed by atoms with Gasteiger partial charge < -0.3 is 16.0 Å². The van der Waals surface area contributed by atoms with Crippen LogP contribution in [0.4, 0.5) is 25.7 Å². The summed E-state index contributed by atoms with van der Waals surface area (Å²) in [5.41, 5.74) is 1.75. The lowest BCUT2D eigenvalue weighted by molar-refractivity contribution is -0.114. The Morgan fingerprint density at radius 2 is 1.75 bits per heavy atom. The van der Waals surface area contributed by atoms with Crippen molar-refractivity contribution >= 4 is 45.7 Å². The van der Waals surface area contributed by atoms with Gasteiger partial charge in [0.05, 0.1) is 5.69 Å². The molecule has 32 heavy (non-hydrogen) atoms. The topological polar surface area (TPSA) is 112 Å². The van der Waals surface area contributed by atoms with E-state index in [0.717, 1.165) is 11.3 Å². The molecule has 0 unspecified atom stereocenters. The maximum absolute atomic E-state index is 14.4. The Morgan fingerprint density at radius 3 is 2.44 bits per heavy atom. The number of hydrogen-bond acceptors (Lipinski definition) is 5. The molecule has 0 aliphatic carbocycles. The lowest BCUT2D eigenvalue weighted by Gasteiger charge is -2.11. The van der Waals surface area contributed by atoms with Crippen molar-refractivity contribution < 1.29 is 18.8 Å². The second kappa shape index (κ2) is 10.0. The van der Waals surface area contributed by atoms with E-state index in [0.29, 0.717) is 27.8 Å². The van der Waals surface area contributed by atoms with Crippen LogP contribution in [0.15, 0.2) is 47.8 Å². The number of carbonyl (C=O) groups is 3. The van der Waals surface area contributed by atoms with Crippen LogP contribution >= 0.6 is 11.3 Å². The molecule has 0 bridgehead atoms. The molecular weight excluding hydrogens is 433 g/mol. The Bertz CT molecular complexity index is 1160. The van der Waals surface area contributed by atoms with Crippen LogP contribution in [0.25, 0.3) is 11.3 Å².